The molecule has 1 heterocycles. The Balaban J connectivity index is 1.80. The van der Waals surface area contributed by atoms with Crippen LogP contribution in [-0.4, -0.2) is 38.3 Å². The predicted octanol–water partition coefficient (Wildman–Crippen LogP) is 2.80. The number of carbonyl (C=O) groups is 1. The molecule has 7 heteroatoms. The van der Waals surface area contributed by atoms with Gasteiger partial charge in [0.05, 0.1) is 12.0 Å². The standard InChI is InChI=1S/C19H22N2O4S/c1-14-8-10-17(11-9-14)26(23,24)21-12-4-7-18(21)19(22)20-15-5-3-6-16(13-15)25-2/h3,5-6,8-11,13,18H,4,7,12H2,1-2H3,(H,20,22)/t18-/m1/s1. The summed E-state index contributed by atoms with van der Waals surface area (Å²) in [6.07, 6.45) is 1.15. The lowest BCUT2D eigenvalue weighted by atomic mass is 10.2. The van der Waals surface area contributed by atoms with Crippen molar-refractivity contribution in [1.82, 2.24) is 4.31 Å². The normalized spacial score (nSPS) is 17.8. The molecule has 2 aromatic carbocycles. The lowest BCUT2D eigenvalue weighted by Gasteiger charge is -2.23. The van der Waals surface area contributed by atoms with Crippen molar-refractivity contribution in [3.8, 4) is 5.75 Å². The van der Waals surface area contributed by atoms with Gasteiger partial charge in [0, 0.05) is 18.3 Å². The lowest BCUT2D eigenvalue weighted by Crippen LogP contribution is -2.43. The van der Waals surface area contributed by atoms with Crippen molar-refractivity contribution in [2.24, 2.45) is 0 Å². The number of benzene rings is 2. The van der Waals surface area contributed by atoms with Gasteiger partial charge in [-0.15, -0.1) is 0 Å². The first-order valence-electron chi connectivity index (χ1n) is 8.45. The second-order valence-electron chi connectivity index (χ2n) is 6.31. The Morgan fingerprint density at radius 2 is 1.92 bits per heavy atom. The number of methoxy groups -OCH3 is 1. The number of rotatable bonds is 5. The Kier molecular flexibility index (Phi) is 5.29. The third-order valence-corrected chi connectivity index (χ3v) is 6.39. The summed E-state index contributed by atoms with van der Waals surface area (Å²) in [7, 11) is -2.16. The molecule has 1 aliphatic rings. The molecule has 0 bridgehead atoms. The number of sulfonamides is 1. The van der Waals surface area contributed by atoms with Crippen LogP contribution >= 0.6 is 0 Å². The van der Waals surface area contributed by atoms with E-state index in [9.17, 15) is 13.2 Å². The number of hydrogen-bond acceptors (Lipinski definition) is 4. The van der Waals surface area contributed by atoms with Crippen LogP contribution in [0.15, 0.2) is 53.4 Å². The summed E-state index contributed by atoms with van der Waals surface area (Å²) < 4.78 is 32.3. The van der Waals surface area contributed by atoms with E-state index < -0.39 is 16.1 Å². The summed E-state index contributed by atoms with van der Waals surface area (Å²) in [5, 5.41) is 2.80. The predicted molar refractivity (Wildman–Crippen MR) is 99.7 cm³/mol. The number of amides is 1. The topological polar surface area (TPSA) is 75.7 Å². The molecule has 0 spiro atoms. The zero-order valence-corrected chi connectivity index (χ0v) is 15.6. The van der Waals surface area contributed by atoms with Crippen molar-refractivity contribution in [1.29, 1.82) is 0 Å². The minimum Gasteiger partial charge on any atom is -0.497 e. The van der Waals surface area contributed by atoms with E-state index in [2.05, 4.69) is 5.32 Å². The van der Waals surface area contributed by atoms with Gasteiger partial charge in [-0.1, -0.05) is 23.8 Å². The monoisotopic (exact) mass is 374 g/mol. The van der Waals surface area contributed by atoms with Gasteiger partial charge < -0.3 is 10.1 Å². The fraction of sp³-hybridized carbons (Fsp3) is 0.316. The van der Waals surface area contributed by atoms with E-state index in [-0.39, 0.29) is 10.8 Å². The van der Waals surface area contributed by atoms with Crippen LogP contribution in [0.3, 0.4) is 0 Å². The highest BCUT2D eigenvalue weighted by Gasteiger charge is 2.39. The zero-order chi connectivity index (χ0) is 18.7. The van der Waals surface area contributed by atoms with Crippen molar-refractivity contribution >= 4 is 21.6 Å². The van der Waals surface area contributed by atoms with E-state index in [0.29, 0.717) is 30.8 Å². The van der Waals surface area contributed by atoms with E-state index in [4.69, 9.17) is 4.74 Å². The average Bonchev–Trinajstić information content (AvgIpc) is 3.13. The molecule has 1 N–H and O–H groups in total. The third-order valence-electron chi connectivity index (χ3n) is 4.47. The molecule has 1 aliphatic heterocycles. The van der Waals surface area contributed by atoms with Crippen molar-refractivity contribution in [2.75, 3.05) is 19.0 Å². The average molecular weight is 374 g/mol. The van der Waals surface area contributed by atoms with Crippen molar-refractivity contribution < 1.29 is 17.9 Å². The zero-order valence-electron chi connectivity index (χ0n) is 14.8. The first-order valence-corrected chi connectivity index (χ1v) is 9.89. The molecule has 1 fully saturated rings. The van der Waals surface area contributed by atoms with Gasteiger partial charge in [-0.2, -0.15) is 4.31 Å². The molecule has 3 rings (SSSR count). The van der Waals surface area contributed by atoms with Gasteiger partial charge >= 0.3 is 0 Å². The lowest BCUT2D eigenvalue weighted by molar-refractivity contribution is -0.119. The maximum Gasteiger partial charge on any atom is 0.243 e. The van der Waals surface area contributed by atoms with E-state index in [0.717, 1.165) is 5.56 Å². The van der Waals surface area contributed by atoms with Crippen LogP contribution in [0.25, 0.3) is 0 Å². The Labute approximate surface area is 153 Å². The molecule has 0 radical (unpaired) electrons. The molecule has 0 saturated carbocycles. The van der Waals surface area contributed by atoms with Crippen LogP contribution < -0.4 is 10.1 Å². The van der Waals surface area contributed by atoms with E-state index in [1.807, 2.05) is 6.92 Å². The van der Waals surface area contributed by atoms with E-state index in [1.54, 1.807) is 55.6 Å². The van der Waals surface area contributed by atoms with Crippen LogP contribution in [-0.2, 0) is 14.8 Å². The molecule has 1 atom stereocenters. The first kappa shape index (κ1) is 18.4. The molecular weight excluding hydrogens is 352 g/mol. The van der Waals surface area contributed by atoms with Crippen LogP contribution in [0, 0.1) is 6.92 Å². The maximum atomic E-state index is 12.9. The van der Waals surface area contributed by atoms with Gasteiger partial charge in [0.1, 0.15) is 11.8 Å². The molecule has 0 aliphatic carbocycles. The van der Waals surface area contributed by atoms with Crippen LogP contribution in [0.4, 0.5) is 5.69 Å². The van der Waals surface area contributed by atoms with Gasteiger partial charge in [0.15, 0.2) is 0 Å². The van der Waals surface area contributed by atoms with Crippen molar-refractivity contribution in [3.05, 3.63) is 54.1 Å². The minimum atomic E-state index is -3.71. The number of nitrogens with one attached hydrogen (secondary N) is 1. The number of ether oxygens (including phenoxy) is 1. The van der Waals surface area contributed by atoms with E-state index in [1.165, 1.54) is 4.31 Å². The number of nitrogens with zero attached hydrogens (tertiary/aromatic N) is 1. The fourth-order valence-corrected chi connectivity index (χ4v) is 4.72. The van der Waals surface area contributed by atoms with Crippen LogP contribution in [0.1, 0.15) is 18.4 Å². The fourth-order valence-electron chi connectivity index (χ4n) is 3.06. The molecule has 26 heavy (non-hydrogen) atoms. The number of aryl methyl sites for hydroxylation is 1. The van der Waals surface area contributed by atoms with Crippen molar-refractivity contribution in [2.45, 2.75) is 30.7 Å². The van der Waals surface area contributed by atoms with Crippen LogP contribution in [0.5, 0.6) is 5.75 Å². The summed E-state index contributed by atoms with van der Waals surface area (Å²) in [6.45, 7) is 2.24. The van der Waals surface area contributed by atoms with Gasteiger partial charge in [-0.25, -0.2) is 8.42 Å². The van der Waals surface area contributed by atoms with Gasteiger partial charge in [-0.3, -0.25) is 4.79 Å². The first-order chi connectivity index (χ1) is 12.4. The van der Waals surface area contributed by atoms with Gasteiger partial charge in [0.2, 0.25) is 15.9 Å². The largest absolute Gasteiger partial charge is 0.497 e. The Hall–Kier alpha value is -2.38. The second-order valence-corrected chi connectivity index (χ2v) is 8.20. The SMILES string of the molecule is COc1cccc(NC(=O)[C@H]2CCCN2S(=O)(=O)c2ccc(C)cc2)c1. The molecule has 138 valence electrons. The summed E-state index contributed by atoms with van der Waals surface area (Å²) >= 11 is 0. The molecular formula is C19H22N2O4S. The van der Waals surface area contributed by atoms with Gasteiger partial charge in [-0.05, 0) is 44.0 Å². The molecule has 6 nitrogen and oxygen atoms in total. The minimum absolute atomic E-state index is 0.212. The molecule has 2 aromatic rings. The quantitative estimate of drug-likeness (QED) is 0.873. The maximum absolute atomic E-state index is 12.9. The second kappa shape index (κ2) is 7.47. The van der Waals surface area contributed by atoms with Gasteiger partial charge in [0.25, 0.3) is 0 Å². The third kappa shape index (κ3) is 3.73. The highest BCUT2D eigenvalue weighted by molar-refractivity contribution is 7.89. The number of carbonyl (C=O) groups excluding carboxylic acids is 1. The summed E-state index contributed by atoms with van der Waals surface area (Å²) in [4.78, 5) is 12.9. The summed E-state index contributed by atoms with van der Waals surface area (Å²) in [6, 6.07) is 13.0. The summed E-state index contributed by atoms with van der Waals surface area (Å²) in [5.41, 5.74) is 1.56. The summed E-state index contributed by atoms with van der Waals surface area (Å²) in [5.74, 6) is 0.296. The Bertz CT molecular complexity index is 894. The van der Waals surface area contributed by atoms with Crippen molar-refractivity contribution in [3.63, 3.8) is 0 Å². The Morgan fingerprint density at radius 1 is 1.19 bits per heavy atom. The smallest absolute Gasteiger partial charge is 0.243 e. The van der Waals surface area contributed by atoms with Crippen LogP contribution in [0.2, 0.25) is 0 Å². The number of hydrogen-bond donors (Lipinski definition) is 1. The molecule has 1 amide bonds. The highest BCUT2D eigenvalue weighted by atomic mass is 32.2. The highest BCUT2D eigenvalue weighted by Crippen LogP contribution is 2.27. The molecule has 1 saturated heterocycles. The molecule has 0 aromatic heterocycles. The Morgan fingerprint density at radius 3 is 2.62 bits per heavy atom. The number of anilines is 1. The van der Waals surface area contributed by atoms with E-state index >= 15 is 0 Å². The molecule has 0 unspecified atom stereocenters.